The number of hydrogen-bond acceptors (Lipinski definition) is 4. The third-order valence-electron chi connectivity index (χ3n) is 3.23. The molecule has 0 heterocycles. The first-order chi connectivity index (χ1) is 12.2. The van der Waals surface area contributed by atoms with Crippen molar-refractivity contribution in [1.82, 2.24) is 0 Å². The van der Waals surface area contributed by atoms with Crippen molar-refractivity contribution in [3.8, 4) is 11.5 Å². The summed E-state index contributed by atoms with van der Waals surface area (Å²) < 4.78 is 48.3. The van der Waals surface area contributed by atoms with Crippen molar-refractivity contribution in [1.29, 1.82) is 0 Å². The molecule has 0 radical (unpaired) electrons. The van der Waals surface area contributed by atoms with Crippen LogP contribution >= 0.6 is 27.7 Å². The molecule has 0 saturated carbocycles. The predicted molar refractivity (Wildman–Crippen MR) is 98.4 cm³/mol. The smallest absolute Gasteiger partial charge is 0.398 e. The average Bonchev–Trinajstić information content (AvgIpc) is 2.60. The van der Waals surface area contributed by atoms with Crippen LogP contribution in [0.1, 0.15) is 10.4 Å². The number of thioether (sulfide) groups is 1. The molecule has 0 spiro atoms. The van der Waals surface area contributed by atoms with Gasteiger partial charge in [-0.05, 0) is 40.2 Å². The first kappa shape index (κ1) is 20.4. The molecule has 2 rings (SSSR count). The molecule has 1 amide bonds. The molecule has 0 aliphatic heterocycles. The number of nitrogens with one attached hydrogen (secondary N) is 1. The highest BCUT2D eigenvalue weighted by molar-refractivity contribution is 9.10. The first-order valence-electron chi connectivity index (χ1n) is 7.26. The minimum absolute atomic E-state index is 0.248. The lowest BCUT2D eigenvalue weighted by Crippen LogP contribution is -2.14. The largest absolute Gasteiger partial charge is 0.495 e. The quantitative estimate of drug-likeness (QED) is 0.601. The van der Waals surface area contributed by atoms with Gasteiger partial charge in [0.15, 0.2) is 0 Å². The van der Waals surface area contributed by atoms with E-state index in [1.54, 1.807) is 18.2 Å². The summed E-state index contributed by atoms with van der Waals surface area (Å²) in [5, 5.41) is 2.63. The van der Waals surface area contributed by atoms with Crippen LogP contribution in [0.4, 0.5) is 18.9 Å². The molecule has 1 N–H and O–H groups in total. The van der Waals surface area contributed by atoms with Gasteiger partial charge in [0.25, 0.3) is 5.91 Å². The summed E-state index contributed by atoms with van der Waals surface area (Å²) in [5.41, 5.74) is 0.546. The second-order valence-electron chi connectivity index (χ2n) is 5.05. The van der Waals surface area contributed by atoms with Crippen molar-refractivity contribution in [2.24, 2.45) is 0 Å². The zero-order valence-electron chi connectivity index (χ0n) is 13.8. The molecule has 4 nitrogen and oxygen atoms in total. The molecule has 0 aliphatic carbocycles. The van der Waals surface area contributed by atoms with Crippen LogP contribution in [0, 0.1) is 0 Å². The molecular formula is C17H15BrF3NO3S. The van der Waals surface area contributed by atoms with Gasteiger partial charge in [0.1, 0.15) is 16.0 Å². The Kier molecular flexibility index (Phi) is 6.82. The third kappa shape index (κ3) is 5.31. The number of hydrogen-bond donors (Lipinski definition) is 1. The number of ether oxygens (including phenoxy) is 2. The van der Waals surface area contributed by atoms with Gasteiger partial charge in [0.2, 0.25) is 0 Å². The standard InChI is InChI=1S/C17H15BrF3NO3S/c1-24-12-7-10(8-13(25-2)15(12)18)16(23)22-11-5-3-4-6-14(11)26-9-17(19,20)21/h3-8H,9H2,1-2H3,(H,22,23). The minimum atomic E-state index is -4.30. The SMILES string of the molecule is COc1cc(C(=O)Nc2ccccc2SCC(F)(F)F)cc(OC)c1Br. The fourth-order valence-corrected chi connectivity index (χ4v) is 3.37. The Labute approximate surface area is 161 Å². The maximum absolute atomic E-state index is 12.5. The maximum atomic E-state index is 12.5. The number of amides is 1. The van der Waals surface area contributed by atoms with E-state index in [0.717, 1.165) is 0 Å². The van der Waals surface area contributed by atoms with E-state index in [2.05, 4.69) is 21.2 Å². The zero-order chi connectivity index (χ0) is 19.3. The zero-order valence-corrected chi connectivity index (χ0v) is 16.2. The summed E-state index contributed by atoms with van der Waals surface area (Å²) in [5.74, 6) is -0.738. The van der Waals surface area contributed by atoms with Gasteiger partial charge in [0, 0.05) is 10.5 Å². The topological polar surface area (TPSA) is 47.6 Å². The number of benzene rings is 2. The number of rotatable bonds is 6. The van der Waals surface area contributed by atoms with Crippen LogP contribution in [0.3, 0.4) is 0 Å². The van der Waals surface area contributed by atoms with Crippen LogP contribution in [0.2, 0.25) is 0 Å². The van der Waals surface area contributed by atoms with Crippen LogP contribution in [-0.2, 0) is 0 Å². The van der Waals surface area contributed by atoms with Gasteiger partial charge >= 0.3 is 6.18 Å². The molecule has 0 aromatic heterocycles. The second kappa shape index (κ2) is 8.68. The average molecular weight is 450 g/mol. The molecule has 0 saturated heterocycles. The predicted octanol–water partition coefficient (Wildman–Crippen LogP) is 5.37. The van der Waals surface area contributed by atoms with E-state index < -0.39 is 17.8 Å². The Balaban J connectivity index is 2.25. The van der Waals surface area contributed by atoms with Crippen molar-refractivity contribution in [2.45, 2.75) is 11.1 Å². The number of anilines is 1. The summed E-state index contributed by atoms with van der Waals surface area (Å²) in [4.78, 5) is 12.9. The summed E-state index contributed by atoms with van der Waals surface area (Å²) in [7, 11) is 2.90. The van der Waals surface area contributed by atoms with Crippen LogP contribution in [-0.4, -0.2) is 32.1 Å². The van der Waals surface area contributed by atoms with E-state index in [4.69, 9.17) is 9.47 Å². The Bertz CT molecular complexity index is 774. The van der Waals surface area contributed by atoms with E-state index in [-0.39, 0.29) is 5.56 Å². The van der Waals surface area contributed by atoms with E-state index in [0.29, 0.717) is 38.3 Å². The van der Waals surface area contributed by atoms with Crippen LogP contribution in [0.5, 0.6) is 11.5 Å². The summed E-state index contributed by atoms with van der Waals surface area (Å²) in [6.07, 6.45) is -4.30. The normalized spacial score (nSPS) is 11.2. The number of methoxy groups -OCH3 is 2. The molecule has 0 aliphatic rings. The fraction of sp³-hybridized carbons (Fsp3) is 0.235. The van der Waals surface area contributed by atoms with Gasteiger partial charge in [-0.1, -0.05) is 12.1 Å². The van der Waals surface area contributed by atoms with Crippen molar-refractivity contribution >= 4 is 39.3 Å². The highest BCUT2D eigenvalue weighted by Crippen LogP contribution is 2.36. The second-order valence-corrected chi connectivity index (χ2v) is 6.86. The monoisotopic (exact) mass is 449 g/mol. The number of carbonyl (C=O) groups excluding carboxylic acids is 1. The molecule has 2 aromatic carbocycles. The summed E-state index contributed by atoms with van der Waals surface area (Å²) >= 11 is 3.92. The molecule has 0 unspecified atom stereocenters. The Morgan fingerprint density at radius 2 is 1.73 bits per heavy atom. The van der Waals surface area contributed by atoms with Gasteiger partial charge < -0.3 is 14.8 Å². The van der Waals surface area contributed by atoms with Crippen molar-refractivity contribution in [3.05, 3.63) is 46.4 Å². The summed E-state index contributed by atoms with van der Waals surface area (Å²) in [6.45, 7) is 0. The number of carbonyl (C=O) groups is 1. The maximum Gasteiger partial charge on any atom is 0.398 e. The van der Waals surface area contributed by atoms with Gasteiger partial charge in [-0.15, -0.1) is 11.8 Å². The van der Waals surface area contributed by atoms with Crippen LogP contribution < -0.4 is 14.8 Å². The Hall–Kier alpha value is -1.87. The number of alkyl halides is 3. The molecule has 0 bridgehead atoms. The van der Waals surface area contributed by atoms with Crippen molar-refractivity contribution in [2.75, 3.05) is 25.3 Å². The molecule has 2 aromatic rings. The first-order valence-corrected chi connectivity index (χ1v) is 9.04. The number of halogens is 4. The van der Waals surface area contributed by atoms with Gasteiger partial charge in [-0.2, -0.15) is 13.2 Å². The van der Waals surface area contributed by atoms with Crippen LogP contribution in [0.15, 0.2) is 45.8 Å². The fourth-order valence-electron chi connectivity index (χ4n) is 2.05. The lowest BCUT2D eigenvalue weighted by molar-refractivity contribution is -0.105. The minimum Gasteiger partial charge on any atom is -0.495 e. The Morgan fingerprint density at radius 1 is 1.15 bits per heavy atom. The van der Waals surface area contributed by atoms with Crippen LogP contribution in [0.25, 0.3) is 0 Å². The van der Waals surface area contributed by atoms with Gasteiger partial charge in [0.05, 0.1) is 25.7 Å². The van der Waals surface area contributed by atoms with E-state index in [9.17, 15) is 18.0 Å². The van der Waals surface area contributed by atoms with E-state index >= 15 is 0 Å². The van der Waals surface area contributed by atoms with Crippen molar-refractivity contribution < 1.29 is 27.4 Å². The lowest BCUT2D eigenvalue weighted by atomic mass is 10.1. The van der Waals surface area contributed by atoms with E-state index in [1.807, 2.05) is 0 Å². The van der Waals surface area contributed by atoms with Crippen molar-refractivity contribution in [3.63, 3.8) is 0 Å². The molecule has 140 valence electrons. The highest BCUT2D eigenvalue weighted by atomic mass is 79.9. The number of para-hydroxylation sites is 1. The Morgan fingerprint density at radius 3 is 2.27 bits per heavy atom. The lowest BCUT2D eigenvalue weighted by Gasteiger charge is -2.14. The molecule has 0 fully saturated rings. The van der Waals surface area contributed by atoms with Gasteiger partial charge in [-0.3, -0.25) is 4.79 Å². The third-order valence-corrected chi connectivity index (χ3v) is 5.15. The molecular weight excluding hydrogens is 435 g/mol. The molecule has 26 heavy (non-hydrogen) atoms. The molecule has 9 heteroatoms. The van der Waals surface area contributed by atoms with E-state index in [1.165, 1.54) is 32.4 Å². The molecule has 0 atom stereocenters. The van der Waals surface area contributed by atoms with Gasteiger partial charge in [-0.25, -0.2) is 0 Å². The highest BCUT2D eigenvalue weighted by Gasteiger charge is 2.27. The summed E-state index contributed by atoms with van der Waals surface area (Å²) in [6, 6.07) is 9.33.